The predicted octanol–water partition coefficient (Wildman–Crippen LogP) is 3.09. The fraction of sp³-hybridized carbons (Fsp3) is 1.00. The smallest absolute Gasteiger partial charge is 0.264 e. The molecule has 0 saturated heterocycles. The van der Waals surface area contributed by atoms with E-state index >= 15 is 0 Å². The Bertz CT molecular complexity index is 359. The van der Waals surface area contributed by atoms with Crippen LogP contribution >= 0.6 is 0 Å². The lowest BCUT2D eigenvalue weighted by molar-refractivity contribution is 0.0459. The Morgan fingerprint density at radius 3 is 2.26 bits per heavy atom. The summed E-state index contributed by atoms with van der Waals surface area (Å²) in [6.45, 7) is 7.40. The van der Waals surface area contributed by atoms with E-state index in [9.17, 15) is 8.42 Å². The first-order valence-electron chi connectivity index (χ1n) is 7.48. The Hall–Kier alpha value is -0.130. The Balaban J connectivity index is 2.64. The molecule has 0 atom stereocenters. The van der Waals surface area contributed by atoms with Gasteiger partial charge in [-0.15, -0.1) is 0 Å². The normalized spacial score (nSPS) is 19.0. The average Bonchev–Trinajstić information content (AvgIpc) is 2.34. The molecule has 1 fully saturated rings. The summed E-state index contributed by atoms with van der Waals surface area (Å²) in [7, 11) is -3.83. The molecule has 0 aromatic carbocycles. The zero-order valence-corrected chi connectivity index (χ0v) is 13.4. The maximum Gasteiger partial charge on any atom is 0.264 e. The second-order valence-electron chi connectivity index (χ2n) is 6.29. The van der Waals surface area contributed by atoms with Crippen LogP contribution in [0.1, 0.15) is 65.7 Å². The molecule has 1 N–H and O–H groups in total. The molecule has 5 heteroatoms. The van der Waals surface area contributed by atoms with Gasteiger partial charge in [0.05, 0.1) is 5.75 Å². The van der Waals surface area contributed by atoms with Crippen molar-refractivity contribution in [3.05, 3.63) is 0 Å². The van der Waals surface area contributed by atoms with Crippen LogP contribution in [0.5, 0.6) is 0 Å². The first kappa shape index (κ1) is 16.9. The minimum atomic E-state index is -3.83. The molecule has 1 aliphatic rings. The Labute approximate surface area is 118 Å². The van der Waals surface area contributed by atoms with Crippen LogP contribution in [0.25, 0.3) is 0 Å². The van der Waals surface area contributed by atoms with E-state index in [-0.39, 0.29) is 11.3 Å². The van der Waals surface area contributed by atoms with Gasteiger partial charge in [0, 0.05) is 18.1 Å². The third-order valence-corrected chi connectivity index (χ3v) is 5.26. The summed E-state index contributed by atoms with van der Waals surface area (Å²) in [5.74, 6) is -0.129. The van der Waals surface area contributed by atoms with E-state index in [4.69, 9.17) is 4.55 Å². The number of hydrogen-bond acceptors (Lipinski definition) is 3. The van der Waals surface area contributed by atoms with Gasteiger partial charge < -0.3 is 0 Å². The van der Waals surface area contributed by atoms with Crippen LogP contribution in [0.3, 0.4) is 0 Å². The highest BCUT2D eigenvalue weighted by Gasteiger charge is 2.31. The van der Waals surface area contributed by atoms with Gasteiger partial charge in [-0.25, -0.2) is 0 Å². The maximum atomic E-state index is 10.8. The van der Waals surface area contributed by atoms with Crippen molar-refractivity contribution in [1.29, 1.82) is 0 Å². The zero-order chi connectivity index (χ0) is 14.5. The maximum absolute atomic E-state index is 10.8. The van der Waals surface area contributed by atoms with Gasteiger partial charge in [0.1, 0.15) is 0 Å². The molecule has 0 spiro atoms. The molecule has 0 radical (unpaired) electrons. The monoisotopic (exact) mass is 291 g/mol. The van der Waals surface area contributed by atoms with Gasteiger partial charge in [-0.05, 0) is 39.5 Å². The second-order valence-corrected chi connectivity index (χ2v) is 7.86. The fourth-order valence-corrected chi connectivity index (χ4v) is 3.49. The first-order valence-corrected chi connectivity index (χ1v) is 9.09. The third kappa shape index (κ3) is 5.79. The SMILES string of the molecule is CCC(C)(C)N(CCCS(=O)(=O)O)C1CCCCC1. The van der Waals surface area contributed by atoms with Gasteiger partial charge in [0.15, 0.2) is 0 Å². The van der Waals surface area contributed by atoms with Crippen molar-refractivity contribution >= 4 is 10.1 Å². The van der Waals surface area contributed by atoms with Crippen molar-refractivity contribution in [3.63, 3.8) is 0 Å². The molecular weight excluding hydrogens is 262 g/mol. The highest BCUT2D eigenvalue weighted by Crippen LogP contribution is 2.30. The van der Waals surface area contributed by atoms with Crippen molar-refractivity contribution in [2.45, 2.75) is 77.3 Å². The molecule has 0 aliphatic heterocycles. The van der Waals surface area contributed by atoms with Crippen molar-refractivity contribution in [1.82, 2.24) is 4.90 Å². The van der Waals surface area contributed by atoms with Gasteiger partial charge in [-0.2, -0.15) is 8.42 Å². The van der Waals surface area contributed by atoms with Crippen LogP contribution < -0.4 is 0 Å². The van der Waals surface area contributed by atoms with Crippen LogP contribution in [0.15, 0.2) is 0 Å². The van der Waals surface area contributed by atoms with Crippen molar-refractivity contribution in [2.24, 2.45) is 0 Å². The molecule has 0 heterocycles. The number of nitrogens with zero attached hydrogens (tertiary/aromatic N) is 1. The van der Waals surface area contributed by atoms with E-state index < -0.39 is 10.1 Å². The summed E-state index contributed by atoms with van der Waals surface area (Å²) >= 11 is 0. The largest absolute Gasteiger partial charge is 0.295 e. The molecule has 0 aromatic rings. The molecule has 1 saturated carbocycles. The second kappa shape index (κ2) is 7.04. The summed E-state index contributed by atoms with van der Waals surface area (Å²) in [4.78, 5) is 2.47. The highest BCUT2D eigenvalue weighted by atomic mass is 32.2. The van der Waals surface area contributed by atoms with Gasteiger partial charge in [0.2, 0.25) is 0 Å². The van der Waals surface area contributed by atoms with Gasteiger partial charge in [0.25, 0.3) is 10.1 Å². The molecule has 0 unspecified atom stereocenters. The standard InChI is InChI=1S/C14H29NO3S/c1-4-14(2,3)15(11-8-12-19(16,17)18)13-9-6-5-7-10-13/h13H,4-12H2,1-3H3,(H,16,17,18). The minimum Gasteiger partial charge on any atom is -0.295 e. The molecule has 0 amide bonds. The molecular formula is C14H29NO3S. The molecule has 114 valence electrons. The van der Waals surface area contributed by atoms with E-state index in [1.165, 1.54) is 32.1 Å². The first-order chi connectivity index (χ1) is 8.76. The van der Waals surface area contributed by atoms with E-state index in [1.807, 2.05) is 0 Å². The summed E-state index contributed by atoms with van der Waals surface area (Å²) in [5.41, 5.74) is 0.0984. The lowest BCUT2D eigenvalue weighted by Gasteiger charge is -2.45. The van der Waals surface area contributed by atoms with Gasteiger partial charge in [-0.3, -0.25) is 9.45 Å². The summed E-state index contributed by atoms with van der Waals surface area (Å²) in [6.07, 6.45) is 7.87. The Morgan fingerprint density at radius 2 is 1.79 bits per heavy atom. The van der Waals surface area contributed by atoms with Crippen LogP contribution in [0.2, 0.25) is 0 Å². The number of hydrogen-bond donors (Lipinski definition) is 1. The quantitative estimate of drug-likeness (QED) is 0.732. The van der Waals surface area contributed by atoms with Crippen LogP contribution in [-0.2, 0) is 10.1 Å². The fourth-order valence-electron chi connectivity index (χ4n) is 2.99. The van der Waals surface area contributed by atoms with Crippen molar-refractivity contribution in [3.8, 4) is 0 Å². The van der Waals surface area contributed by atoms with Crippen molar-refractivity contribution in [2.75, 3.05) is 12.3 Å². The van der Waals surface area contributed by atoms with E-state index in [0.29, 0.717) is 12.5 Å². The Morgan fingerprint density at radius 1 is 1.21 bits per heavy atom. The molecule has 19 heavy (non-hydrogen) atoms. The van der Waals surface area contributed by atoms with E-state index in [0.717, 1.165) is 13.0 Å². The molecule has 1 rings (SSSR count). The summed E-state index contributed by atoms with van der Waals surface area (Å²) in [6, 6.07) is 0.574. The molecule has 0 aromatic heterocycles. The topological polar surface area (TPSA) is 57.6 Å². The average molecular weight is 291 g/mol. The van der Waals surface area contributed by atoms with E-state index in [2.05, 4.69) is 25.7 Å². The van der Waals surface area contributed by atoms with Crippen LogP contribution in [0, 0.1) is 0 Å². The van der Waals surface area contributed by atoms with Crippen LogP contribution in [0.4, 0.5) is 0 Å². The highest BCUT2D eigenvalue weighted by molar-refractivity contribution is 7.85. The predicted molar refractivity (Wildman–Crippen MR) is 79.0 cm³/mol. The van der Waals surface area contributed by atoms with E-state index in [1.54, 1.807) is 0 Å². The zero-order valence-electron chi connectivity index (χ0n) is 12.6. The van der Waals surface area contributed by atoms with Gasteiger partial charge >= 0.3 is 0 Å². The molecule has 4 nitrogen and oxygen atoms in total. The number of rotatable bonds is 7. The molecule has 0 bridgehead atoms. The van der Waals surface area contributed by atoms with Gasteiger partial charge in [-0.1, -0.05) is 26.2 Å². The summed E-state index contributed by atoms with van der Waals surface area (Å²) in [5, 5.41) is 0. The lowest BCUT2D eigenvalue weighted by atomic mass is 9.88. The van der Waals surface area contributed by atoms with Crippen LogP contribution in [-0.4, -0.2) is 41.7 Å². The lowest BCUT2D eigenvalue weighted by Crippen LogP contribution is -2.51. The molecule has 1 aliphatic carbocycles. The summed E-state index contributed by atoms with van der Waals surface area (Å²) < 4.78 is 30.5. The Kier molecular flexibility index (Phi) is 6.27. The minimum absolute atomic E-state index is 0.0984. The third-order valence-electron chi connectivity index (χ3n) is 4.46. The van der Waals surface area contributed by atoms with Crippen molar-refractivity contribution < 1.29 is 13.0 Å².